The molecular weight excluding hydrogens is 230 g/mol. The molecule has 1 N–H and O–H groups in total. The molecule has 1 fully saturated rings. The largest absolute Gasteiger partial charge is 0.396 e. The molecular formula is C13H21N3O2. The Labute approximate surface area is 107 Å². The van der Waals surface area contributed by atoms with Gasteiger partial charge in [-0.25, -0.2) is 0 Å². The van der Waals surface area contributed by atoms with Crippen molar-refractivity contribution in [2.45, 2.75) is 38.6 Å². The van der Waals surface area contributed by atoms with Crippen LogP contribution in [-0.4, -0.2) is 44.9 Å². The molecule has 1 atom stereocenters. The summed E-state index contributed by atoms with van der Waals surface area (Å²) >= 11 is 0. The van der Waals surface area contributed by atoms with E-state index in [1.54, 1.807) is 10.9 Å². The number of rotatable bonds is 3. The van der Waals surface area contributed by atoms with E-state index in [1.165, 1.54) is 0 Å². The van der Waals surface area contributed by atoms with E-state index in [0.29, 0.717) is 12.0 Å². The van der Waals surface area contributed by atoms with E-state index in [1.807, 2.05) is 18.9 Å². The summed E-state index contributed by atoms with van der Waals surface area (Å²) in [4.78, 5) is 14.4. The molecule has 1 unspecified atom stereocenters. The van der Waals surface area contributed by atoms with Gasteiger partial charge in [-0.2, -0.15) is 5.10 Å². The second kappa shape index (κ2) is 5.52. The monoisotopic (exact) mass is 251 g/mol. The van der Waals surface area contributed by atoms with Gasteiger partial charge in [0.2, 0.25) is 0 Å². The van der Waals surface area contributed by atoms with E-state index < -0.39 is 0 Å². The van der Waals surface area contributed by atoms with Crippen LogP contribution in [0.1, 0.15) is 41.7 Å². The summed E-state index contributed by atoms with van der Waals surface area (Å²) in [7, 11) is 1.82. The molecule has 5 heteroatoms. The third kappa shape index (κ3) is 2.56. The third-order valence-electron chi connectivity index (χ3n) is 3.59. The van der Waals surface area contributed by atoms with Crippen molar-refractivity contribution in [1.82, 2.24) is 14.7 Å². The van der Waals surface area contributed by atoms with Gasteiger partial charge >= 0.3 is 0 Å². The molecule has 1 aromatic heterocycles. The zero-order valence-electron chi connectivity index (χ0n) is 11.1. The number of aliphatic hydroxyl groups is 1. The number of hydrogen-bond acceptors (Lipinski definition) is 3. The summed E-state index contributed by atoms with van der Waals surface area (Å²) in [6.45, 7) is 2.79. The Morgan fingerprint density at radius 2 is 2.33 bits per heavy atom. The summed E-state index contributed by atoms with van der Waals surface area (Å²) < 4.78 is 1.67. The normalized spacial score (nSPS) is 20.2. The van der Waals surface area contributed by atoms with Crippen molar-refractivity contribution in [1.29, 1.82) is 0 Å². The molecule has 100 valence electrons. The van der Waals surface area contributed by atoms with Gasteiger partial charge in [-0.15, -0.1) is 0 Å². The summed E-state index contributed by atoms with van der Waals surface area (Å²) in [6, 6.07) is 0.177. The van der Waals surface area contributed by atoms with Crippen molar-refractivity contribution in [3.05, 3.63) is 17.5 Å². The van der Waals surface area contributed by atoms with Crippen molar-refractivity contribution in [2.24, 2.45) is 7.05 Å². The second-order valence-corrected chi connectivity index (χ2v) is 4.96. The van der Waals surface area contributed by atoms with E-state index in [-0.39, 0.29) is 18.6 Å². The minimum Gasteiger partial charge on any atom is -0.396 e. The Balaban J connectivity index is 2.18. The SMILES string of the molecule is Cc1nn(C)cc1C(=O)N1CCCCC1CCO. The quantitative estimate of drug-likeness (QED) is 0.875. The molecule has 0 saturated carbocycles. The molecule has 0 spiro atoms. The molecule has 1 amide bonds. The van der Waals surface area contributed by atoms with Crippen molar-refractivity contribution in [2.75, 3.05) is 13.2 Å². The van der Waals surface area contributed by atoms with Gasteiger partial charge in [0.05, 0.1) is 11.3 Å². The summed E-state index contributed by atoms with van der Waals surface area (Å²) in [5, 5.41) is 13.3. The first-order chi connectivity index (χ1) is 8.63. The summed E-state index contributed by atoms with van der Waals surface area (Å²) in [5.41, 5.74) is 1.46. The maximum Gasteiger partial charge on any atom is 0.257 e. The highest BCUT2D eigenvalue weighted by molar-refractivity contribution is 5.95. The van der Waals surface area contributed by atoms with Crippen LogP contribution in [0.25, 0.3) is 0 Å². The van der Waals surface area contributed by atoms with Crippen LogP contribution in [0.15, 0.2) is 6.20 Å². The number of piperidine rings is 1. The molecule has 0 radical (unpaired) electrons. The number of carbonyl (C=O) groups excluding carboxylic acids is 1. The lowest BCUT2D eigenvalue weighted by atomic mass is 9.98. The molecule has 0 aromatic carbocycles. The van der Waals surface area contributed by atoms with E-state index in [4.69, 9.17) is 5.11 Å². The van der Waals surface area contributed by atoms with Gasteiger partial charge < -0.3 is 10.0 Å². The summed E-state index contributed by atoms with van der Waals surface area (Å²) in [5.74, 6) is 0.0544. The molecule has 0 aliphatic carbocycles. The van der Waals surface area contributed by atoms with Crippen LogP contribution in [0.4, 0.5) is 0 Å². The van der Waals surface area contributed by atoms with Gasteiger partial charge in [0.1, 0.15) is 0 Å². The molecule has 0 bridgehead atoms. The number of nitrogens with zero attached hydrogens (tertiary/aromatic N) is 3. The van der Waals surface area contributed by atoms with Crippen LogP contribution in [0.3, 0.4) is 0 Å². The fourth-order valence-electron chi connectivity index (χ4n) is 2.68. The van der Waals surface area contributed by atoms with Crippen LogP contribution < -0.4 is 0 Å². The molecule has 2 rings (SSSR count). The van der Waals surface area contributed by atoms with Crippen molar-refractivity contribution < 1.29 is 9.90 Å². The topological polar surface area (TPSA) is 58.4 Å². The highest BCUT2D eigenvalue weighted by atomic mass is 16.3. The van der Waals surface area contributed by atoms with Crippen molar-refractivity contribution in [3.63, 3.8) is 0 Å². The van der Waals surface area contributed by atoms with Gasteiger partial charge in [-0.3, -0.25) is 9.48 Å². The first-order valence-electron chi connectivity index (χ1n) is 6.55. The van der Waals surface area contributed by atoms with Gasteiger partial charge in [-0.1, -0.05) is 0 Å². The fourth-order valence-corrected chi connectivity index (χ4v) is 2.68. The predicted octanol–water partition coefficient (Wildman–Crippen LogP) is 1.11. The minimum absolute atomic E-state index is 0.0544. The number of aryl methyl sites for hydroxylation is 2. The lowest BCUT2D eigenvalue weighted by molar-refractivity contribution is 0.0574. The number of aliphatic hydroxyl groups excluding tert-OH is 1. The average Bonchev–Trinajstić information content (AvgIpc) is 2.69. The maximum atomic E-state index is 12.5. The van der Waals surface area contributed by atoms with E-state index in [2.05, 4.69) is 5.10 Å². The zero-order valence-corrected chi connectivity index (χ0v) is 11.1. The minimum atomic E-state index is 0.0544. The highest BCUT2D eigenvalue weighted by Crippen LogP contribution is 2.22. The van der Waals surface area contributed by atoms with Gasteiger partial charge in [0.25, 0.3) is 5.91 Å². The lowest BCUT2D eigenvalue weighted by Crippen LogP contribution is -2.44. The second-order valence-electron chi connectivity index (χ2n) is 4.96. The Hall–Kier alpha value is -1.36. The highest BCUT2D eigenvalue weighted by Gasteiger charge is 2.28. The van der Waals surface area contributed by atoms with Crippen LogP contribution in [0.2, 0.25) is 0 Å². The number of likely N-dealkylation sites (tertiary alicyclic amines) is 1. The Kier molecular flexibility index (Phi) is 4.01. The van der Waals surface area contributed by atoms with Crippen molar-refractivity contribution >= 4 is 5.91 Å². The zero-order chi connectivity index (χ0) is 13.1. The number of amides is 1. The maximum absolute atomic E-state index is 12.5. The number of carbonyl (C=O) groups is 1. The van der Waals surface area contributed by atoms with Crippen LogP contribution in [-0.2, 0) is 7.05 Å². The third-order valence-corrected chi connectivity index (χ3v) is 3.59. The Bertz CT molecular complexity index is 426. The average molecular weight is 251 g/mol. The van der Waals surface area contributed by atoms with E-state index in [0.717, 1.165) is 31.5 Å². The molecule has 1 aliphatic rings. The van der Waals surface area contributed by atoms with Crippen LogP contribution in [0, 0.1) is 6.92 Å². The van der Waals surface area contributed by atoms with Crippen LogP contribution in [0.5, 0.6) is 0 Å². The molecule has 1 aromatic rings. The number of aromatic nitrogens is 2. The lowest BCUT2D eigenvalue weighted by Gasteiger charge is -2.35. The first-order valence-corrected chi connectivity index (χ1v) is 6.55. The van der Waals surface area contributed by atoms with Gasteiger partial charge in [-0.05, 0) is 32.6 Å². The van der Waals surface area contributed by atoms with Gasteiger partial charge in [0.15, 0.2) is 0 Å². The van der Waals surface area contributed by atoms with E-state index >= 15 is 0 Å². The fraction of sp³-hybridized carbons (Fsp3) is 0.692. The number of hydrogen-bond donors (Lipinski definition) is 1. The molecule has 5 nitrogen and oxygen atoms in total. The predicted molar refractivity (Wildman–Crippen MR) is 68.3 cm³/mol. The Morgan fingerprint density at radius 1 is 1.56 bits per heavy atom. The van der Waals surface area contributed by atoms with Crippen molar-refractivity contribution in [3.8, 4) is 0 Å². The molecule has 2 heterocycles. The standard InChI is InChI=1S/C13H21N3O2/c1-10-12(9-15(2)14-10)13(18)16-7-4-3-5-11(16)6-8-17/h9,11,17H,3-8H2,1-2H3. The molecule has 18 heavy (non-hydrogen) atoms. The van der Waals surface area contributed by atoms with Gasteiger partial charge in [0, 0.05) is 32.4 Å². The molecule has 1 aliphatic heterocycles. The molecule has 1 saturated heterocycles. The smallest absolute Gasteiger partial charge is 0.257 e. The van der Waals surface area contributed by atoms with E-state index in [9.17, 15) is 4.79 Å². The Morgan fingerprint density at radius 3 is 2.94 bits per heavy atom. The van der Waals surface area contributed by atoms with Crippen LogP contribution >= 0.6 is 0 Å². The first kappa shape index (κ1) is 13.1. The summed E-state index contributed by atoms with van der Waals surface area (Å²) in [6.07, 6.45) is 5.63.